The van der Waals surface area contributed by atoms with E-state index in [1.165, 1.54) is 29.5 Å². The van der Waals surface area contributed by atoms with Crippen molar-refractivity contribution in [2.75, 3.05) is 10.6 Å². The molecular weight excluding hydrogens is 288 g/mol. The standard InChI is InChI=1S/C19H24N2S/c1-4-5-6-16-8-11-17(12-9-16)20-19(22)21-18-10-7-14(2)15(3)13-18/h7-13H,4-6H2,1-3H3,(H2,20,21,22). The van der Waals surface area contributed by atoms with Crippen molar-refractivity contribution in [3.63, 3.8) is 0 Å². The summed E-state index contributed by atoms with van der Waals surface area (Å²) in [6.07, 6.45) is 3.60. The van der Waals surface area contributed by atoms with Gasteiger partial charge in [-0.05, 0) is 79.9 Å². The van der Waals surface area contributed by atoms with Gasteiger partial charge in [-0.25, -0.2) is 0 Å². The molecule has 116 valence electrons. The molecule has 0 aliphatic carbocycles. The van der Waals surface area contributed by atoms with Crippen molar-refractivity contribution >= 4 is 28.7 Å². The Morgan fingerprint density at radius 2 is 1.55 bits per heavy atom. The van der Waals surface area contributed by atoms with Crippen molar-refractivity contribution in [1.29, 1.82) is 0 Å². The second-order valence-corrected chi connectivity index (χ2v) is 6.09. The maximum Gasteiger partial charge on any atom is 0.175 e. The highest BCUT2D eigenvalue weighted by Crippen LogP contribution is 2.16. The van der Waals surface area contributed by atoms with E-state index >= 15 is 0 Å². The quantitative estimate of drug-likeness (QED) is 0.717. The third-order valence-corrected chi connectivity index (χ3v) is 4.00. The minimum Gasteiger partial charge on any atom is -0.332 e. The van der Waals surface area contributed by atoms with Gasteiger partial charge in [0.2, 0.25) is 0 Å². The van der Waals surface area contributed by atoms with Crippen LogP contribution in [0, 0.1) is 13.8 Å². The Morgan fingerprint density at radius 3 is 2.18 bits per heavy atom. The molecule has 0 heterocycles. The van der Waals surface area contributed by atoms with Gasteiger partial charge in [0.25, 0.3) is 0 Å². The first-order chi connectivity index (χ1) is 10.6. The zero-order chi connectivity index (χ0) is 15.9. The van der Waals surface area contributed by atoms with Crippen molar-refractivity contribution in [1.82, 2.24) is 0 Å². The highest BCUT2D eigenvalue weighted by molar-refractivity contribution is 7.80. The lowest BCUT2D eigenvalue weighted by atomic mass is 10.1. The van der Waals surface area contributed by atoms with E-state index in [4.69, 9.17) is 12.2 Å². The predicted molar refractivity (Wildman–Crippen MR) is 101 cm³/mol. The van der Waals surface area contributed by atoms with Crippen molar-refractivity contribution in [2.45, 2.75) is 40.0 Å². The summed E-state index contributed by atoms with van der Waals surface area (Å²) in [6.45, 7) is 6.43. The van der Waals surface area contributed by atoms with E-state index in [2.05, 4.69) is 67.8 Å². The smallest absolute Gasteiger partial charge is 0.175 e. The minimum absolute atomic E-state index is 0.615. The van der Waals surface area contributed by atoms with E-state index in [0.717, 1.165) is 17.8 Å². The molecule has 0 bridgehead atoms. The highest BCUT2D eigenvalue weighted by atomic mass is 32.1. The summed E-state index contributed by atoms with van der Waals surface area (Å²) in [6, 6.07) is 14.7. The van der Waals surface area contributed by atoms with Gasteiger partial charge < -0.3 is 10.6 Å². The van der Waals surface area contributed by atoms with Gasteiger partial charge in [0, 0.05) is 11.4 Å². The van der Waals surface area contributed by atoms with Crippen LogP contribution in [0.3, 0.4) is 0 Å². The second kappa shape index (κ2) is 7.95. The van der Waals surface area contributed by atoms with E-state index < -0.39 is 0 Å². The molecule has 0 aliphatic rings. The van der Waals surface area contributed by atoms with E-state index in [9.17, 15) is 0 Å². The summed E-state index contributed by atoms with van der Waals surface area (Å²) < 4.78 is 0. The van der Waals surface area contributed by atoms with Crippen LogP contribution in [0.5, 0.6) is 0 Å². The van der Waals surface area contributed by atoms with Gasteiger partial charge in [0.1, 0.15) is 0 Å². The van der Waals surface area contributed by atoms with Crippen LogP contribution in [0.2, 0.25) is 0 Å². The summed E-state index contributed by atoms with van der Waals surface area (Å²) in [5.41, 5.74) is 5.95. The number of nitrogens with one attached hydrogen (secondary N) is 2. The average molecular weight is 312 g/mol. The number of thiocarbonyl (C=S) groups is 1. The normalized spacial score (nSPS) is 10.3. The molecule has 2 rings (SSSR count). The maximum atomic E-state index is 5.37. The van der Waals surface area contributed by atoms with Crippen LogP contribution >= 0.6 is 12.2 Å². The summed E-state index contributed by atoms with van der Waals surface area (Å²) >= 11 is 5.37. The molecule has 2 nitrogen and oxygen atoms in total. The molecule has 3 heteroatoms. The summed E-state index contributed by atoms with van der Waals surface area (Å²) in [4.78, 5) is 0. The topological polar surface area (TPSA) is 24.1 Å². The van der Waals surface area contributed by atoms with Gasteiger partial charge in [0.15, 0.2) is 5.11 Å². The molecule has 0 unspecified atom stereocenters. The molecule has 0 atom stereocenters. The molecular formula is C19H24N2S. The van der Waals surface area contributed by atoms with Crippen LogP contribution in [-0.2, 0) is 6.42 Å². The van der Waals surface area contributed by atoms with Gasteiger partial charge in [-0.15, -0.1) is 0 Å². The van der Waals surface area contributed by atoms with Gasteiger partial charge in [-0.1, -0.05) is 31.5 Å². The minimum atomic E-state index is 0.615. The fourth-order valence-corrected chi connectivity index (χ4v) is 2.48. The third kappa shape index (κ3) is 4.85. The van der Waals surface area contributed by atoms with Crippen LogP contribution in [-0.4, -0.2) is 5.11 Å². The van der Waals surface area contributed by atoms with Crippen molar-refractivity contribution in [2.24, 2.45) is 0 Å². The number of hydrogen-bond donors (Lipinski definition) is 2. The molecule has 0 saturated heterocycles. The lowest BCUT2D eigenvalue weighted by Gasteiger charge is -2.12. The van der Waals surface area contributed by atoms with Crippen molar-refractivity contribution in [3.8, 4) is 0 Å². The van der Waals surface area contributed by atoms with Gasteiger partial charge >= 0.3 is 0 Å². The summed E-state index contributed by atoms with van der Waals surface area (Å²) in [5.74, 6) is 0. The van der Waals surface area contributed by atoms with Gasteiger partial charge in [-0.2, -0.15) is 0 Å². The number of rotatable bonds is 5. The number of anilines is 2. The average Bonchev–Trinajstić information content (AvgIpc) is 2.50. The Morgan fingerprint density at radius 1 is 0.909 bits per heavy atom. The first-order valence-electron chi connectivity index (χ1n) is 7.82. The predicted octanol–water partition coefficient (Wildman–Crippen LogP) is 5.45. The molecule has 0 saturated carbocycles. The van der Waals surface area contributed by atoms with E-state index in [1.807, 2.05) is 6.07 Å². The molecule has 0 aromatic heterocycles. The van der Waals surface area contributed by atoms with Crippen molar-refractivity contribution in [3.05, 3.63) is 59.2 Å². The fourth-order valence-electron chi connectivity index (χ4n) is 2.25. The zero-order valence-electron chi connectivity index (χ0n) is 13.6. The molecule has 0 amide bonds. The fraction of sp³-hybridized carbons (Fsp3) is 0.316. The Kier molecular flexibility index (Phi) is 5.96. The van der Waals surface area contributed by atoms with Crippen LogP contribution in [0.1, 0.15) is 36.5 Å². The first kappa shape index (κ1) is 16.5. The molecule has 0 radical (unpaired) electrons. The van der Waals surface area contributed by atoms with Crippen LogP contribution < -0.4 is 10.6 Å². The van der Waals surface area contributed by atoms with E-state index in [1.54, 1.807) is 0 Å². The SMILES string of the molecule is CCCCc1ccc(NC(=S)Nc2ccc(C)c(C)c2)cc1. The van der Waals surface area contributed by atoms with Crippen LogP contribution in [0.4, 0.5) is 11.4 Å². The maximum absolute atomic E-state index is 5.37. The lowest BCUT2D eigenvalue weighted by molar-refractivity contribution is 0.795. The number of benzene rings is 2. The van der Waals surface area contributed by atoms with Gasteiger partial charge in [0.05, 0.1) is 0 Å². The monoisotopic (exact) mass is 312 g/mol. The Hall–Kier alpha value is -1.87. The molecule has 0 spiro atoms. The number of unbranched alkanes of at least 4 members (excludes halogenated alkanes) is 1. The van der Waals surface area contributed by atoms with Crippen molar-refractivity contribution < 1.29 is 0 Å². The Labute approximate surface area is 139 Å². The van der Waals surface area contributed by atoms with Crippen LogP contribution in [0.25, 0.3) is 0 Å². The zero-order valence-corrected chi connectivity index (χ0v) is 14.4. The largest absolute Gasteiger partial charge is 0.332 e. The molecule has 2 N–H and O–H groups in total. The van der Waals surface area contributed by atoms with Crippen LogP contribution in [0.15, 0.2) is 42.5 Å². The van der Waals surface area contributed by atoms with E-state index in [-0.39, 0.29) is 0 Å². The number of hydrogen-bond acceptors (Lipinski definition) is 1. The third-order valence-electron chi connectivity index (χ3n) is 3.80. The molecule has 0 aliphatic heterocycles. The Bertz CT molecular complexity index is 632. The summed E-state index contributed by atoms with van der Waals surface area (Å²) in [5, 5.41) is 7.07. The molecule has 2 aromatic carbocycles. The van der Waals surface area contributed by atoms with E-state index in [0.29, 0.717) is 5.11 Å². The lowest BCUT2D eigenvalue weighted by Crippen LogP contribution is -2.19. The summed E-state index contributed by atoms with van der Waals surface area (Å²) in [7, 11) is 0. The molecule has 22 heavy (non-hydrogen) atoms. The molecule has 2 aromatic rings. The van der Waals surface area contributed by atoms with Gasteiger partial charge in [-0.3, -0.25) is 0 Å². The highest BCUT2D eigenvalue weighted by Gasteiger charge is 2.01. The number of aryl methyl sites for hydroxylation is 3. The second-order valence-electron chi connectivity index (χ2n) is 5.68. The first-order valence-corrected chi connectivity index (χ1v) is 8.23. The molecule has 0 fully saturated rings. The Balaban J connectivity index is 1.92.